The van der Waals surface area contributed by atoms with Gasteiger partial charge in [-0.2, -0.15) is 0 Å². The minimum Gasteiger partial charge on any atom is -0.450 e. The maximum Gasteiger partial charge on any atom is 0.326 e. The molecular weight excluding hydrogens is 147 g/mol. The Morgan fingerprint density at radius 2 is 1.67 bits per heavy atom. The van der Waals surface area contributed by atoms with Gasteiger partial charge >= 0.3 is 7.48 Å². The summed E-state index contributed by atoms with van der Waals surface area (Å²) >= 11 is 0. The van der Waals surface area contributed by atoms with E-state index >= 15 is 0 Å². The highest BCUT2D eigenvalue weighted by molar-refractivity contribution is 6.46. The highest BCUT2D eigenvalue weighted by Gasteiger charge is 1.94. The second-order valence-corrected chi connectivity index (χ2v) is 2.74. The van der Waals surface area contributed by atoms with E-state index in [1.165, 1.54) is 5.39 Å². The van der Waals surface area contributed by atoms with Gasteiger partial charge in [0.05, 0.1) is 0 Å². The van der Waals surface area contributed by atoms with Crippen molar-refractivity contribution in [2.24, 2.45) is 0 Å². The van der Waals surface area contributed by atoms with Crippen LogP contribution in [-0.2, 0) is 0 Å². The molecule has 57 valence electrons. The van der Waals surface area contributed by atoms with E-state index in [4.69, 9.17) is 5.02 Å². The van der Waals surface area contributed by atoms with E-state index in [1.807, 2.05) is 36.4 Å². The van der Waals surface area contributed by atoms with E-state index in [1.54, 1.807) is 0 Å². The van der Waals surface area contributed by atoms with Gasteiger partial charge in [0.15, 0.2) is 0 Å². The Balaban J connectivity index is 2.67. The lowest BCUT2D eigenvalue weighted by Gasteiger charge is -1.98. The Labute approximate surface area is 71.9 Å². The zero-order valence-corrected chi connectivity index (χ0v) is 6.57. The third-order valence-corrected chi connectivity index (χ3v) is 1.92. The fraction of sp³-hybridized carbons (Fsp3) is 0. The Bertz CT molecular complexity index is 398. The van der Waals surface area contributed by atoms with E-state index in [0.717, 1.165) is 18.3 Å². The van der Waals surface area contributed by atoms with E-state index in [9.17, 15) is 0 Å². The number of fused-ring (bicyclic) bond motifs is 1. The van der Waals surface area contributed by atoms with Crippen LogP contribution < -0.4 is 5.46 Å². The smallest absolute Gasteiger partial charge is 0.326 e. The summed E-state index contributed by atoms with van der Waals surface area (Å²) in [5.41, 5.74) is 0.841. The van der Waals surface area contributed by atoms with Gasteiger partial charge in [-0.3, -0.25) is 0 Å². The van der Waals surface area contributed by atoms with Crippen LogP contribution in [0.5, 0.6) is 0 Å². The van der Waals surface area contributed by atoms with Crippen molar-refractivity contribution in [3.05, 3.63) is 42.5 Å². The molecule has 0 amide bonds. The van der Waals surface area contributed by atoms with Gasteiger partial charge in [0.25, 0.3) is 0 Å². The van der Waals surface area contributed by atoms with Gasteiger partial charge in [-0.05, 0) is 10.8 Å². The van der Waals surface area contributed by atoms with Gasteiger partial charge in [0.2, 0.25) is 0 Å². The van der Waals surface area contributed by atoms with Crippen molar-refractivity contribution in [3.8, 4) is 0 Å². The molecule has 0 bridgehead atoms. The first kappa shape index (κ1) is 7.38. The molecule has 0 spiro atoms. The van der Waals surface area contributed by atoms with Crippen molar-refractivity contribution in [2.75, 3.05) is 0 Å². The second-order valence-electron chi connectivity index (χ2n) is 2.74. The summed E-state index contributed by atoms with van der Waals surface area (Å²) in [5.74, 6) is 0. The van der Waals surface area contributed by atoms with Crippen LogP contribution >= 0.6 is 0 Å². The predicted molar refractivity (Wildman–Crippen MR) is 51.6 cm³/mol. The maximum absolute atomic E-state index is 8.77. The first-order valence-corrected chi connectivity index (χ1v) is 3.86. The molecule has 1 radical (unpaired) electrons. The molecule has 0 aliphatic rings. The number of benzene rings is 2. The molecule has 0 unspecified atom stereocenters. The van der Waals surface area contributed by atoms with Crippen LogP contribution in [-0.4, -0.2) is 12.5 Å². The van der Waals surface area contributed by atoms with Gasteiger partial charge < -0.3 is 5.02 Å². The van der Waals surface area contributed by atoms with Crippen molar-refractivity contribution in [1.29, 1.82) is 0 Å². The lowest BCUT2D eigenvalue weighted by atomic mass is 9.87. The normalized spacial score (nSPS) is 10.1. The summed E-state index contributed by atoms with van der Waals surface area (Å²) in [5, 5.41) is 11.1. The summed E-state index contributed by atoms with van der Waals surface area (Å²) in [6.07, 6.45) is 0. The molecule has 12 heavy (non-hydrogen) atoms. The van der Waals surface area contributed by atoms with Crippen LogP contribution in [0.15, 0.2) is 42.5 Å². The van der Waals surface area contributed by atoms with Gasteiger partial charge in [-0.1, -0.05) is 47.9 Å². The monoisotopic (exact) mass is 155 g/mol. The van der Waals surface area contributed by atoms with E-state index in [-0.39, 0.29) is 0 Å². The lowest BCUT2D eigenvalue weighted by molar-refractivity contribution is 0.615. The molecule has 0 saturated heterocycles. The molecule has 2 heteroatoms. The Kier molecular flexibility index (Phi) is 1.84. The van der Waals surface area contributed by atoms with E-state index < -0.39 is 0 Å². The molecule has 0 aliphatic carbocycles. The number of rotatable bonds is 1. The number of hydrogen-bond acceptors (Lipinski definition) is 1. The molecule has 0 heterocycles. The number of hydrogen-bond donors (Lipinski definition) is 1. The van der Waals surface area contributed by atoms with Crippen molar-refractivity contribution in [3.63, 3.8) is 0 Å². The minimum absolute atomic E-state index is 0.841. The molecule has 2 aromatic rings. The molecule has 2 aromatic carbocycles. The summed E-state index contributed by atoms with van der Waals surface area (Å²) in [6, 6.07) is 13.9. The van der Waals surface area contributed by atoms with Gasteiger partial charge in [0, 0.05) is 0 Å². The molecule has 0 saturated carbocycles. The quantitative estimate of drug-likeness (QED) is 0.610. The first-order valence-electron chi connectivity index (χ1n) is 3.86. The minimum atomic E-state index is 0.841. The highest BCUT2D eigenvalue weighted by atomic mass is 16.2. The highest BCUT2D eigenvalue weighted by Crippen LogP contribution is 2.10. The largest absolute Gasteiger partial charge is 0.450 e. The van der Waals surface area contributed by atoms with Crippen molar-refractivity contribution in [2.45, 2.75) is 0 Å². The molecule has 1 nitrogen and oxygen atoms in total. The Morgan fingerprint density at radius 1 is 0.917 bits per heavy atom. The Morgan fingerprint density at radius 3 is 2.42 bits per heavy atom. The van der Waals surface area contributed by atoms with Crippen LogP contribution in [0.1, 0.15) is 0 Å². The molecular formula is C10H8BO. The topological polar surface area (TPSA) is 20.2 Å². The summed E-state index contributed by atoms with van der Waals surface area (Å²) in [7, 11) is 1.12. The van der Waals surface area contributed by atoms with Crippen LogP contribution in [0.2, 0.25) is 0 Å². The zero-order chi connectivity index (χ0) is 8.39. The van der Waals surface area contributed by atoms with Gasteiger partial charge in [0.1, 0.15) is 0 Å². The third-order valence-electron chi connectivity index (χ3n) is 1.92. The van der Waals surface area contributed by atoms with Crippen LogP contribution in [0, 0.1) is 0 Å². The first-order chi connectivity index (χ1) is 5.90. The van der Waals surface area contributed by atoms with Crippen molar-refractivity contribution in [1.82, 2.24) is 0 Å². The molecule has 0 atom stereocenters. The standard InChI is InChI=1S/C10H8BO/c12-11-10-6-5-8-3-1-2-4-9(8)7-10/h1-7,12H. The SMILES string of the molecule is O[B]c1ccc2ccccc2c1. The summed E-state index contributed by atoms with van der Waals surface area (Å²) < 4.78 is 0. The molecule has 0 fully saturated rings. The van der Waals surface area contributed by atoms with Gasteiger partial charge in [-0.15, -0.1) is 0 Å². The fourth-order valence-corrected chi connectivity index (χ4v) is 1.29. The lowest BCUT2D eigenvalue weighted by Crippen LogP contribution is -2.11. The second kappa shape index (κ2) is 2.99. The van der Waals surface area contributed by atoms with E-state index in [2.05, 4.69) is 6.07 Å². The van der Waals surface area contributed by atoms with Crippen molar-refractivity contribution < 1.29 is 5.02 Å². The summed E-state index contributed by atoms with van der Waals surface area (Å²) in [4.78, 5) is 0. The molecule has 0 aromatic heterocycles. The Hall–Kier alpha value is -1.28. The average Bonchev–Trinajstić information content (AvgIpc) is 2.17. The maximum atomic E-state index is 8.77. The van der Waals surface area contributed by atoms with Crippen LogP contribution in [0.3, 0.4) is 0 Å². The molecule has 0 aliphatic heterocycles. The predicted octanol–water partition coefficient (Wildman–Crippen LogP) is 1.08. The molecule has 2 rings (SSSR count). The summed E-state index contributed by atoms with van der Waals surface area (Å²) in [6.45, 7) is 0. The van der Waals surface area contributed by atoms with Gasteiger partial charge in [-0.25, -0.2) is 0 Å². The average molecular weight is 155 g/mol. The third kappa shape index (κ3) is 1.21. The fourth-order valence-electron chi connectivity index (χ4n) is 1.29. The van der Waals surface area contributed by atoms with Crippen LogP contribution in [0.25, 0.3) is 10.8 Å². The van der Waals surface area contributed by atoms with Crippen LogP contribution in [0.4, 0.5) is 0 Å². The zero-order valence-electron chi connectivity index (χ0n) is 6.57. The van der Waals surface area contributed by atoms with E-state index in [0.29, 0.717) is 0 Å². The molecule has 1 N–H and O–H groups in total. The van der Waals surface area contributed by atoms with Crippen molar-refractivity contribution >= 4 is 23.7 Å².